The number of hydrogen-bond donors (Lipinski definition) is 1. The number of carbonyl (C=O) groups is 1. The zero-order valence-corrected chi connectivity index (χ0v) is 12.5. The smallest absolute Gasteiger partial charge is 0.222 e. The van der Waals surface area contributed by atoms with Crippen molar-refractivity contribution in [2.24, 2.45) is 17.8 Å². The van der Waals surface area contributed by atoms with Crippen LogP contribution in [0.1, 0.15) is 58.8 Å². The highest BCUT2D eigenvalue weighted by Gasteiger charge is 2.29. The Morgan fingerprint density at radius 3 is 2.58 bits per heavy atom. The number of carbonyl (C=O) groups excluding carboxylic acids is 1. The Kier molecular flexibility index (Phi) is 5.26. The lowest BCUT2D eigenvalue weighted by Gasteiger charge is -2.36. The van der Waals surface area contributed by atoms with Gasteiger partial charge in [-0.1, -0.05) is 46.0 Å². The molecule has 3 atom stereocenters. The molecule has 2 rings (SSSR count). The third-order valence-corrected chi connectivity index (χ3v) is 5.22. The lowest BCUT2D eigenvalue weighted by atomic mass is 9.79. The molecule has 2 fully saturated rings. The van der Waals surface area contributed by atoms with Crippen molar-refractivity contribution in [1.29, 1.82) is 0 Å². The molecule has 1 N–H and O–H groups in total. The first kappa shape index (κ1) is 14.8. The van der Waals surface area contributed by atoms with Crippen molar-refractivity contribution in [2.45, 2.75) is 64.9 Å². The summed E-state index contributed by atoms with van der Waals surface area (Å²) in [4.78, 5) is 14.2. The van der Waals surface area contributed by atoms with Crippen molar-refractivity contribution in [2.75, 3.05) is 13.1 Å². The van der Waals surface area contributed by atoms with Gasteiger partial charge in [0, 0.05) is 19.5 Å². The first-order chi connectivity index (χ1) is 9.08. The van der Waals surface area contributed by atoms with Gasteiger partial charge in [0.1, 0.15) is 0 Å². The van der Waals surface area contributed by atoms with Crippen LogP contribution in [0.25, 0.3) is 0 Å². The zero-order chi connectivity index (χ0) is 13.8. The molecule has 0 aromatic rings. The molecule has 1 amide bonds. The maximum atomic E-state index is 12.3. The molecule has 0 spiro atoms. The van der Waals surface area contributed by atoms with Gasteiger partial charge in [-0.2, -0.15) is 0 Å². The van der Waals surface area contributed by atoms with Crippen LogP contribution in [0.3, 0.4) is 0 Å². The van der Waals surface area contributed by atoms with E-state index in [2.05, 4.69) is 13.8 Å². The van der Waals surface area contributed by atoms with Crippen LogP contribution in [0.2, 0.25) is 0 Å². The maximum absolute atomic E-state index is 12.3. The van der Waals surface area contributed by atoms with Gasteiger partial charge < -0.3 is 10.0 Å². The number of piperidine rings is 1. The minimum Gasteiger partial charge on any atom is -0.391 e. The van der Waals surface area contributed by atoms with Gasteiger partial charge in [-0.15, -0.1) is 0 Å². The molecular weight excluding hydrogens is 238 g/mol. The minimum atomic E-state index is -0.331. The Balaban J connectivity index is 1.79. The average molecular weight is 267 g/mol. The predicted molar refractivity (Wildman–Crippen MR) is 76.7 cm³/mol. The predicted octanol–water partition coefficient (Wildman–Crippen LogP) is 2.82. The normalized spacial score (nSPS) is 31.2. The second-order valence-electron chi connectivity index (χ2n) is 6.75. The highest BCUT2D eigenvalue weighted by molar-refractivity contribution is 5.76. The number of aliphatic hydroxyl groups excluding tert-OH is 1. The monoisotopic (exact) mass is 267 g/mol. The summed E-state index contributed by atoms with van der Waals surface area (Å²) in [5.74, 6) is 1.83. The summed E-state index contributed by atoms with van der Waals surface area (Å²) >= 11 is 0. The summed E-state index contributed by atoms with van der Waals surface area (Å²) in [5.41, 5.74) is 0. The standard InChI is InChI=1S/C16H29NO2/c1-12-8-9-17(11-15(12)18)16(19)10-13(2)14-6-4-3-5-7-14/h12-15,18H,3-11H2,1-2H3. The van der Waals surface area contributed by atoms with E-state index in [0.29, 0.717) is 24.8 Å². The van der Waals surface area contributed by atoms with Crippen LogP contribution >= 0.6 is 0 Å². The molecule has 1 saturated carbocycles. The fourth-order valence-electron chi connectivity index (χ4n) is 3.55. The van der Waals surface area contributed by atoms with Gasteiger partial charge in [0.05, 0.1) is 6.10 Å². The molecule has 0 bridgehead atoms. The van der Waals surface area contributed by atoms with E-state index in [-0.39, 0.29) is 12.0 Å². The molecular formula is C16H29NO2. The van der Waals surface area contributed by atoms with Gasteiger partial charge >= 0.3 is 0 Å². The summed E-state index contributed by atoms with van der Waals surface area (Å²) in [6.45, 7) is 5.67. The van der Waals surface area contributed by atoms with Crippen molar-refractivity contribution in [3.63, 3.8) is 0 Å². The van der Waals surface area contributed by atoms with Crippen LogP contribution in [0.5, 0.6) is 0 Å². The first-order valence-electron chi connectivity index (χ1n) is 8.03. The topological polar surface area (TPSA) is 40.5 Å². The summed E-state index contributed by atoms with van der Waals surface area (Å²) in [7, 11) is 0. The van der Waals surface area contributed by atoms with Crippen LogP contribution < -0.4 is 0 Å². The summed E-state index contributed by atoms with van der Waals surface area (Å²) < 4.78 is 0. The molecule has 3 nitrogen and oxygen atoms in total. The van der Waals surface area contributed by atoms with E-state index in [1.807, 2.05) is 4.90 Å². The van der Waals surface area contributed by atoms with Crippen LogP contribution in [-0.4, -0.2) is 35.1 Å². The van der Waals surface area contributed by atoms with Crippen LogP contribution in [0, 0.1) is 17.8 Å². The van der Waals surface area contributed by atoms with Crippen molar-refractivity contribution in [3.05, 3.63) is 0 Å². The van der Waals surface area contributed by atoms with Crippen molar-refractivity contribution >= 4 is 5.91 Å². The number of amides is 1. The molecule has 110 valence electrons. The second-order valence-corrected chi connectivity index (χ2v) is 6.75. The highest BCUT2D eigenvalue weighted by atomic mass is 16.3. The third-order valence-electron chi connectivity index (χ3n) is 5.22. The Bertz CT molecular complexity index is 299. The number of aliphatic hydroxyl groups is 1. The number of β-amino-alcohol motifs (C(OH)–C–C–N with tert-alkyl or cyclic N) is 1. The Morgan fingerprint density at radius 2 is 1.95 bits per heavy atom. The fourth-order valence-corrected chi connectivity index (χ4v) is 3.55. The van der Waals surface area contributed by atoms with E-state index in [4.69, 9.17) is 0 Å². The highest BCUT2D eigenvalue weighted by Crippen LogP contribution is 2.32. The van der Waals surface area contributed by atoms with Crippen LogP contribution in [0.15, 0.2) is 0 Å². The first-order valence-corrected chi connectivity index (χ1v) is 8.03. The molecule has 0 aromatic carbocycles. The third kappa shape index (κ3) is 3.95. The Morgan fingerprint density at radius 1 is 1.26 bits per heavy atom. The number of hydrogen-bond acceptors (Lipinski definition) is 2. The van der Waals surface area contributed by atoms with Crippen molar-refractivity contribution in [1.82, 2.24) is 4.90 Å². The summed E-state index contributed by atoms with van der Waals surface area (Å²) in [6.07, 6.45) is 7.92. The molecule has 1 saturated heterocycles. The summed E-state index contributed by atoms with van der Waals surface area (Å²) in [6, 6.07) is 0. The fraction of sp³-hybridized carbons (Fsp3) is 0.938. The van der Waals surface area contributed by atoms with Gasteiger partial charge in [-0.3, -0.25) is 4.79 Å². The van der Waals surface area contributed by atoms with Gasteiger partial charge in [0.2, 0.25) is 5.91 Å². The molecule has 1 heterocycles. The Hall–Kier alpha value is -0.570. The van der Waals surface area contributed by atoms with Gasteiger partial charge in [0.25, 0.3) is 0 Å². The van der Waals surface area contributed by atoms with Crippen LogP contribution in [-0.2, 0) is 4.79 Å². The number of likely N-dealkylation sites (tertiary alicyclic amines) is 1. The van der Waals surface area contributed by atoms with E-state index < -0.39 is 0 Å². The van der Waals surface area contributed by atoms with Gasteiger partial charge in [-0.05, 0) is 24.2 Å². The van der Waals surface area contributed by atoms with E-state index in [0.717, 1.165) is 18.9 Å². The lowest BCUT2D eigenvalue weighted by molar-refractivity contribution is -0.136. The zero-order valence-electron chi connectivity index (χ0n) is 12.5. The molecule has 2 aliphatic rings. The van der Waals surface area contributed by atoms with Crippen molar-refractivity contribution in [3.8, 4) is 0 Å². The maximum Gasteiger partial charge on any atom is 0.222 e. The Labute approximate surface area is 117 Å². The van der Waals surface area contributed by atoms with E-state index >= 15 is 0 Å². The molecule has 1 aliphatic carbocycles. The quantitative estimate of drug-likeness (QED) is 0.854. The lowest BCUT2D eigenvalue weighted by Crippen LogP contribution is -2.46. The van der Waals surface area contributed by atoms with E-state index in [1.54, 1.807) is 0 Å². The summed E-state index contributed by atoms with van der Waals surface area (Å²) in [5, 5.41) is 9.89. The van der Waals surface area contributed by atoms with Gasteiger partial charge in [-0.25, -0.2) is 0 Å². The number of rotatable bonds is 3. The average Bonchev–Trinajstić information content (AvgIpc) is 2.42. The minimum absolute atomic E-state index is 0.254. The van der Waals surface area contributed by atoms with Gasteiger partial charge in [0.15, 0.2) is 0 Å². The molecule has 3 unspecified atom stereocenters. The van der Waals surface area contributed by atoms with Crippen LogP contribution in [0.4, 0.5) is 0 Å². The molecule has 1 aliphatic heterocycles. The SMILES string of the molecule is CC1CCN(C(=O)CC(C)C2CCCCC2)CC1O. The van der Waals surface area contributed by atoms with Crippen molar-refractivity contribution < 1.29 is 9.90 Å². The molecule has 0 aromatic heterocycles. The van der Waals surface area contributed by atoms with E-state index in [1.165, 1.54) is 32.1 Å². The largest absolute Gasteiger partial charge is 0.391 e. The van der Waals surface area contributed by atoms with E-state index in [9.17, 15) is 9.90 Å². The second kappa shape index (κ2) is 6.74. The molecule has 19 heavy (non-hydrogen) atoms. The number of nitrogens with zero attached hydrogens (tertiary/aromatic N) is 1. The molecule has 3 heteroatoms. The molecule has 0 radical (unpaired) electrons.